The maximum absolute atomic E-state index is 15.9. The van der Waals surface area contributed by atoms with Gasteiger partial charge in [0.25, 0.3) is 10.0 Å². The van der Waals surface area contributed by atoms with Crippen LogP contribution < -0.4 is 14.2 Å². The summed E-state index contributed by atoms with van der Waals surface area (Å²) in [6.07, 6.45) is 2.90. The van der Waals surface area contributed by atoms with Crippen molar-refractivity contribution in [1.29, 1.82) is 10.8 Å². The lowest BCUT2D eigenvalue weighted by atomic mass is 10.00. The number of halogens is 4. The molecule has 0 saturated carbocycles. The summed E-state index contributed by atoms with van der Waals surface area (Å²) in [7, 11) is -1.96. The number of nitrogens with zero attached hydrogens (tertiary/aromatic N) is 3. The Hall–Kier alpha value is -4.76. The SMILES string of the molecule is COc1ccc(CN(C(=N)SC=N)S(=O)(=O)c2cc(Cl)c(Oc3cc(-c4cccc(F)c4)c(Cl)cc3-c3ccnnc3)cc2F)c(OC)c1. The van der Waals surface area contributed by atoms with E-state index in [0.29, 0.717) is 49.6 Å². The number of amidine groups is 1. The zero-order valence-corrected chi connectivity index (χ0v) is 28.7. The standard InChI is InChI=1S/C33H25Cl2F2N5O5S2/c1-45-23-7-6-21(29(11-23)46-2)17-42(33(39)48-18-38)49(43,44)32-14-27(35)31(15-28(32)37)47-30-13-24(19-4-3-5-22(36)10-19)26(34)12-25(30)20-8-9-40-41-16-20/h3-16,18,38-39H,17H2,1-2H3. The molecule has 16 heteroatoms. The predicted molar refractivity (Wildman–Crippen MR) is 186 cm³/mol. The van der Waals surface area contributed by atoms with Crippen LogP contribution in [-0.4, -0.2) is 47.9 Å². The zero-order chi connectivity index (χ0) is 35.3. The van der Waals surface area contributed by atoms with Crippen LogP contribution in [0.5, 0.6) is 23.0 Å². The molecule has 0 amide bonds. The highest BCUT2D eigenvalue weighted by atomic mass is 35.5. The van der Waals surface area contributed by atoms with E-state index in [4.69, 9.17) is 48.2 Å². The molecule has 1 heterocycles. The summed E-state index contributed by atoms with van der Waals surface area (Å²) in [6.45, 7) is -0.443. The van der Waals surface area contributed by atoms with Crippen molar-refractivity contribution in [3.8, 4) is 45.3 Å². The summed E-state index contributed by atoms with van der Waals surface area (Å²) >= 11 is 13.7. The maximum Gasteiger partial charge on any atom is 0.269 e. The second-order valence-electron chi connectivity index (χ2n) is 10.0. The molecule has 10 nitrogen and oxygen atoms in total. The summed E-state index contributed by atoms with van der Waals surface area (Å²) in [5, 5.41) is 22.9. The topological polar surface area (TPSA) is 139 Å². The average molecular weight is 745 g/mol. The van der Waals surface area contributed by atoms with Crippen molar-refractivity contribution in [1.82, 2.24) is 14.5 Å². The molecule has 252 valence electrons. The van der Waals surface area contributed by atoms with Gasteiger partial charge in [0, 0.05) is 39.4 Å². The van der Waals surface area contributed by atoms with Crippen LogP contribution in [0.1, 0.15) is 5.56 Å². The molecule has 49 heavy (non-hydrogen) atoms. The zero-order valence-electron chi connectivity index (χ0n) is 25.6. The van der Waals surface area contributed by atoms with E-state index in [-0.39, 0.29) is 27.3 Å². The Bertz CT molecular complexity index is 2160. The van der Waals surface area contributed by atoms with E-state index in [1.807, 2.05) is 0 Å². The van der Waals surface area contributed by atoms with Crippen LogP contribution in [0.2, 0.25) is 10.0 Å². The van der Waals surface area contributed by atoms with E-state index in [9.17, 15) is 12.8 Å². The molecule has 0 spiro atoms. The molecular formula is C33H25Cl2F2N5O5S2. The number of benzene rings is 4. The molecule has 0 atom stereocenters. The number of rotatable bonds is 11. The van der Waals surface area contributed by atoms with Crippen LogP contribution in [0.4, 0.5) is 8.78 Å². The third-order valence-corrected chi connectivity index (χ3v) is 10.1. The Balaban J connectivity index is 1.57. The van der Waals surface area contributed by atoms with Crippen molar-refractivity contribution in [2.75, 3.05) is 14.2 Å². The first-order valence-electron chi connectivity index (χ1n) is 14.0. The molecule has 0 bridgehead atoms. The van der Waals surface area contributed by atoms with Crippen molar-refractivity contribution in [2.24, 2.45) is 0 Å². The number of hydrogen-bond donors (Lipinski definition) is 2. The van der Waals surface area contributed by atoms with Gasteiger partial charge in [0.05, 0.1) is 43.7 Å². The van der Waals surface area contributed by atoms with Gasteiger partial charge in [-0.25, -0.2) is 21.5 Å². The fourth-order valence-electron chi connectivity index (χ4n) is 4.73. The molecule has 5 rings (SSSR count). The minimum atomic E-state index is -4.79. The monoisotopic (exact) mass is 743 g/mol. The number of nitrogens with one attached hydrogen (secondary N) is 2. The summed E-state index contributed by atoms with van der Waals surface area (Å²) in [5.41, 5.74) is 2.88. The Morgan fingerprint density at radius 1 is 0.898 bits per heavy atom. The van der Waals surface area contributed by atoms with Gasteiger partial charge in [0.2, 0.25) is 0 Å². The molecule has 0 aliphatic rings. The Morgan fingerprint density at radius 2 is 1.69 bits per heavy atom. The lowest BCUT2D eigenvalue weighted by Gasteiger charge is -2.25. The third-order valence-electron chi connectivity index (χ3n) is 7.08. The van der Waals surface area contributed by atoms with Gasteiger partial charge in [-0.05, 0) is 65.9 Å². The van der Waals surface area contributed by atoms with Crippen molar-refractivity contribution < 1.29 is 31.4 Å². The lowest BCUT2D eigenvalue weighted by Crippen LogP contribution is -2.35. The maximum atomic E-state index is 15.9. The summed E-state index contributed by atoms with van der Waals surface area (Å²) < 4.78 is 75.2. The van der Waals surface area contributed by atoms with Crippen LogP contribution in [0.3, 0.4) is 0 Å². The van der Waals surface area contributed by atoms with Crippen LogP contribution in [0, 0.1) is 22.5 Å². The van der Waals surface area contributed by atoms with Crippen molar-refractivity contribution in [2.45, 2.75) is 11.4 Å². The average Bonchev–Trinajstić information content (AvgIpc) is 3.09. The molecule has 0 fully saturated rings. The molecule has 0 saturated heterocycles. The molecule has 5 aromatic rings. The molecular weight excluding hydrogens is 719 g/mol. The van der Waals surface area contributed by atoms with Gasteiger partial charge in [0.1, 0.15) is 39.5 Å². The van der Waals surface area contributed by atoms with Gasteiger partial charge < -0.3 is 19.6 Å². The summed E-state index contributed by atoms with van der Waals surface area (Å²) in [6, 6.07) is 16.8. The quantitative estimate of drug-likeness (QED) is 0.101. The van der Waals surface area contributed by atoms with Gasteiger partial charge in [-0.15, -0.1) is 0 Å². The normalized spacial score (nSPS) is 11.1. The molecule has 0 unspecified atom stereocenters. The number of thioether (sulfide) groups is 1. The Labute approximate surface area is 294 Å². The molecule has 1 aromatic heterocycles. The van der Waals surface area contributed by atoms with Crippen LogP contribution in [0.25, 0.3) is 22.3 Å². The smallest absolute Gasteiger partial charge is 0.269 e. The van der Waals surface area contributed by atoms with Crippen LogP contribution in [-0.2, 0) is 16.6 Å². The van der Waals surface area contributed by atoms with Gasteiger partial charge in [-0.2, -0.15) is 10.2 Å². The largest absolute Gasteiger partial charge is 0.497 e. The van der Waals surface area contributed by atoms with Gasteiger partial charge in [-0.1, -0.05) is 35.3 Å². The first kappa shape index (κ1) is 35.5. The van der Waals surface area contributed by atoms with Crippen molar-refractivity contribution >= 4 is 55.7 Å². The highest BCUT2D eigenvalue weighted by Crippen LogP contribution is 2.43. The van der Waals surface area contributed by atoms with E-state index < -0.39 is 38.3 Å². The van der Waals surface area contributed by atoms with Gasteiger partial charge in [0.15, 0.2) is 5.17 Å². The number of methoxy groups -OCH3 is 2. The predicted octanol–water partition coefficient (Wildman–Crippen LogP) is 8.67. The highest BCUT2D eigenvalue weighted by molar-refractivity contribution is 8.25. The second-order valence-corrected chi connectivity index (χ2v) is 13.5. The Morgan fingerprint density at radius 3 is 2.37 bits per heavy atom. The molecule has 0 aliphatic heterocycles. The van der Waals surface area contributed by atoms with E-state index in [1.165, 1.54) is 56.9 Å². The molecule has 0 aliphatic carbocycles. The van der Waals surface area contributed by atoms with Gasteiger partial charge in [-0.3, -0.25) is 5.41 Å². The first-order chi connectivity index (χ1) is 23.5. The fourth-order valence-corrected chi connectivity index (χ4v) is 7.33. The molecule has 0 radical (unpaired) electrons. The molecule has 2 N–H and O–H groups in total. The van der Waals surface area contributed by atoms with Crippen LogP contribution >= 0.6 is 35.0 Å². The highest BCUT2D eigenvalue weighted by Gasteiger charge is 2.32. The third kappa shape index (κ3) is 7.78. The number of aromatic nitrogens is 2. The van der Waals surface area contributed by atoms with E-state index in [2.05, 4.69) is 10.2 Å². The molecule has 4 aromatic carbocycles. The van der Waals surface area contributed by atoms with E-state index >= 15 is 4.39 Å². The summed E-state index contributed by atoms with van der Waals surface area (Å²) in [5.74, 6) is -1.15. The van der Waals surface area contributed by atoms with E-state index in [1.54, 1.807) is 30.3 Å². The lowest BCUT2D eigenvalue weighted by molar-refractivity contribution is 0.388. The summed E-state index contributed by atoms with van der Waals surface area (Å²) in [4.78, 5) is -0.845. The van der Waals surface area contributed by atoms with Crippen molar-refractivity contribution in [3.63, 3.8) is 0 Å². The fraction of sp³-hybridized carbons (Fsp3) is 0.0909. The van der Waals surface area contributed by atoms with Gasteiger partial charge >= 0.3 is 0 Å². The first-order valence-corrected chi connectivity index (χ1v) is 17.1. The Kier molecular flexibility index (Phi) is 11.0. The van der Waals surface area contributed by atoms with Crippen LogP contribution in [0.15, 0.2) is 90.1 Å². The van der Waals surface area contributed by atoms with Crippen molar-refractivity contribution in [3.05, 3.63) is 112 Å². The number of ether oxygens (including phenoxy) is 3. The van der Waals surface area contributed by atoms with E-state index in [0.717, 1.165) is 17.7 Å². The second kappa shape index (κ2) is 15.2. The number of hydrogen-bond acceptors (Lipinski definition) is 10. The number of sulfonamides is 1. The minimum Gasteiger partial charge on any atom is -0.497 e. The minimum absolute atomic E-state index is 0.117.